The maximum atomic E-state index is 11.9. The lowest BCUT2D eigenvalue weighted by Gasteiger charge is -2.44. The van der Waals surface area contributed by atoms with Crippen molar-refractivity contribution in [2.24, 2.45) is 0 Å². The zero-order chi connectivity index (χ0) is 26.8. The first-order valence-electron chi connectivity index (χ1n) is 11.1. The fourth-order valence-electron chi connectivity index (χ4n) is 3.44. The average Bonchev–Trinajstić information content (AvgIpc) is 2.77. The van der Waals surface area contributed by atoms with Gasteiger partial charge in [0.1, 0.15) is 18.5 Å². The van der Waals surface area contributed by atoms with Gasteiger partial charge in [0.25, 0.3) is 0 Å². The number of benzene rings is 1. The van der Waals surface area contributed by atoms with E-state index in [-0.39, 0.29) is 11.7 Å². The maximum Gasteiger partial charge on any atom is 0.303 e. The van der Waals surface area contributed by atoms with Gasteiger partial charge in [0, 0.05) is 33.4 Å². The molecule has 0 saturated carbocycles. The molecule has 198 valence electrons. The highest BCUT2D eigenvalue weighted by atomic mass is 32.1. The third-order valence-electron chi connectivity index (χ3n) is 4.69. The van der Waals surface area contributed by atoms with Gasteiger partial charge in [0.2, 0.25) is 0 Å². The Labute approximate surface area is 213 Å². The Balaban J connectivity index is 2.31. The van der Waals surface area contributed by atoms with Crippen LogP contribution in [0, 0.1) is 0 Å². The van der Waals surface area contributed by atoms with Crippen molar-refractivity contribution < 1.29 is 47.6 Å². The highest BCUT2D eigenvalue weighted by molar-refractivity contribution is 7.80. The number of hydrogen-bond acceptors (Lipinski definition) is 11. The van der Waals surface area contributed by atoms with E-state index in [1.54, 1.807) is 24.3 Å². The number of anilines is 1. The van der Waals surface area contributed by atoms with Crippen LogP contribution in [0.25, 0.3) is 0 Å². The van der Waals surface area contributed by atoms with Gasteiger partial charge >= 0.3 is 23.9 Å². The van der Waals surface area contributed by atoms with Gasteiger partial charge in [-0.2, -0.15) is 0 Å². The van der Waals surface area contributed by atoms with E-state index in [0.717, 1.165) is 20.8 Å². The number of esters is 4. The zero-order valence-corrected chi connectivity index (χ0v) is 21.4. The zero-order valence-electron chi connectivity index (χ0n) is 20.6. The van der Waals surface area contributed by atoms with Gasteiger partial charge in [-0.3, -0.25) is 19.2 Å². The van der Waals surface area contributed by atoms with Crippen LogP contribution in [0.4, 0.5) is 5.69 Å². The number of carbonyl (C=O) groups is 4. The molecule has 0 aromatic heterocycles. The molecule has 1 aliphatic rings. The van der Waals surface area contributed by atoms with Crippen molar-refractivity contribution in [2.75, 3.05) is 18.5 Å². The standard InChI is InChI=1S/C23H30N2O10S/c1-6-30-17-9-7-16(8-10-17)24-23(36)25-22-21(34-15(5)29)20(33-14(4)28)19(32-13(3)27)18(35-22)11-31-12(2)26/h7-10,18-22H,6,11H2,1-5H3,(H2,24,25,36). The first kappa shape index (κ1) is 28.8. The van der Waals surface area contributed by atoms with Crippen LogP contribution in [0.1, 0.15) is 34.6 Å². The van der Waals surface area contributed by atoms with Gasteiger partial charge in [-0.05, 0) is 43.4 Å². The van der Waals surface area contributed by atoms with Gasteiger partial charge in [0.15, 0.2) is 29.7 Å². The number of ether oxygens (including phenoxy) is 6. The summed E-state index contributed by atoms with van der Waals surface area (Å²) in [5, 5.41) is 5.92. The van der Waals surface area contributed by atoms with Crippen molar-refractivity contribution in [3.8, 4) is 5.75 Å². The van der Waals surface area contributed by atoms with Gasteiger partial charge < -0.3 is 39.1 Å². The maximum absolute atomic E-state index is 11.9. The summed E-state index contributed by atoms with van der Waals surface area (Å²) in [5.74, 6) is -2.08. The summed E-state index contributed by atoms with van der Waals surface area (Å²) in [4.78, 5) is 47.0. The molecule has 1 saturated heterocycles. The summed E-state index contributed by atoms with van der Waals surface area (Å²) in [5.41, 5.74) is 0.626. The van der Waals surface area contributed by atoms with Crippen LogP contribution in [0.2, 0.25) is 0 Å². The topological polar surface area (TPSA) is 148 Å². The third-order valence-corrected chi connectivity index (χ3v) is 4.91. The average molecular weight is 527 g/mol. The lowest BCUT2D eigenvalue weighted by Crippen LogP contribution is -2.66. The Kier molecular flexibility index (Phi) is 10.9. The third kappa shape index (κ3) is 8.96. The molecule has 1 fully saturated rings. The molecule has 1 heterocycles. The normalized spacial score (nSPS) is 23.0. The van der Waals surface area contributed by atoms with E-state index < -0.39 is 54.5 Å². The Hall–Kier alpha value is -3.45. The summed E-state index contributed by atoms with van der Waals surface area (Å²) in [6, 6.07) is 6.99. The van der Waals surface area contributed by atoms with Crippen molar-refractivity contribution >= 4 is 46.9 Å². The SMILES string of the molecule is CCOc1ccc(NC(=S)NC2OC(COC(C)=O)C(OC(C)=O)C(OC(C)=O)C2OC(C)=O)cc1. The fourth-order valence-corrected chi connectivity index (χ4v) is 3.68. The van der Waals surface area contributed by atoms with Crippen LogP contribution in [-0.2, 0) is 42.9 Å². The molecule has 2 rings (SSSR count). The molecule has 13 heteroatoms. The van der Waals surface area contributed by atoms with Crippen LogP contribution in [-0.4, -0.2) is 72.8 Å². The molecule has 2 N–H and O–H groups in total. The predicted octanol–water partition coefficient (Wildman–Crippen LogP) is 1.45. The summed E-state index contributed by atoms with van der Waals surface area (Å²) >= 11 is 5.39. The highest BCUT2D eigenvalue weighted by Crippen LogP contribution is 2.28. The Morgan fingerprint density at radius 3 is 1.94 bits per heavy atom. The van der Waals surface area contributed by atoms with Gasteiger partial charge in [-0.15, -0.1) is 0 Å². The van der Waals surface area contributed by atoms with Crippen molar-refractivity contribution in [3.63, 3.8) is 0 Å². The lowest BCUT2D eigenvalue weighted by atomic mass is 9.97. The first-order chi connectivity index (χ1) is 17.0. The van der Waals surface area contributed by atoms with Crippen molar-refractivity contribution in [1.82, 2.24) is 5.32 Å². The number of hydrogen-bond donors (Lipinski definition) is 2. The van der Waals surface area contributed by atoms with E-state index in [1.165, 1.54) is 6.92 Å². The molecular weight excluding hydrogens is 496 g/mol. The van der Waals surface area contributed by atoms with Gasteiger partial charge in [0.05, 0.1) is 6.61 Å². The Bertz CT molecular complexity index is 955. The van der Waals surface area contributed by atoms with E-state index in [2.05, 4.69) is 10.6 Å². The number of thiocarbonyl (C=S) groups is 1. The Morgan fingerprint density at radius 1 is 0.861 bits per heavy atom. The van der Waals surface area contributed by atoms with Gasteiger partial charge in [-0.25, -0.2) is 0 Å². The van der Waals surface area contributed by atoms with Crippen LogP contribution in [0.15, 0.2) is 24.3 Å². The van der Waals surface area contributed by atoms with Crippen LogP contribution in [0.3, 0.4) is 0 Å². The summed E-state index contributed by atoms with van der Waals surface area (Å²) in [6.07, 6.45) is -6.08. The van der Waals surface area contributed by atoms with E-state index in [4.69, 9.17) is 40.6 Å². The molecule has 36 heavy (non-hydrogen) atoms. The minimum Gasteiger partial charge on any atom is -0.494 e. The second kappa shape index (κ2) is 13.6. The number of carbonyl (C=O) groups excluding carboxylic acids is 4. The number of nitrogens with one attached hydrogen (secondary N) is 2. The smallest absolute Gasteiger partial charge is 0.303 e. The van der Waals surface area contributed by atoms with Crippen LogP contribution >= 0.6 is 12.2 Å². The lowest BCUT2D eigenvalue weighted by molar-refractivity contribution is -0.254. The van der Waals surface area contributed by atoms with E-state index >= 15 is 0 Å². The van der Waals surface area contributed by atoms with Gasteiger partial charge in [-0.1, -0.05) is 0 Å². The van der Waals surface area contributed by atoms with E-state index in [1.807, 2.05) is 6.92 Å². The second-order valence-corrected chi connectivity index (χ2v) is 8.08. The number of rotatable bonds is 9. The molecule has 12 nitrogen and oxygen atoms in total. The molecule has 1 aromatic carbocycles. The summed E-state index contributed by atoms with van der Waals surface area (Å²) in [6.45, 7) is 6.70. The molecule has 1 aromatic rings. The minimum atomic E-state index is -1.30. The van der Waals surface area contributed by atoms with Crippen molar-refractivity contribution in [2.45, 2.75) is 65.3 Å². The second-order valence-electron chi connectivity index (χ2n) is 7.68. The molecule has 5 unspecified atom stereocenters. The minimum absolute atomic E-state index is 0.0834. The predicted molar refractivity (Wildman–Crippen MR) is 129 cm³/mol. The molecule has 0 amide bonds. The fraction of sp³-hybridized carbons (Fsp3) is 0.522. The Morgan fingerprint density at radius 2 is 1.42 bits per heavy atom. The molecule has 1 aliphatic heterocycles. The van der Waals surface area contributed by atoms with Crippen LogP contribution < -0.4 is 15.4 Å². The summed E-state index contributed by atoms with van der Waals surface area (Å²) in [7, 11) is 0. The highest BCUT2D eigenvalue weighted by Gasteiger charge is 2.52. The molecule has 0 radical (unpaired) electrons. The first-order valence-corrected chi connectivity index (χ1v) is 11.5. The van der Waals surface area contributed by atoms with Crippen LogP contribution in [0.5, 0.6) is 5.75 Å². The molecule has 0 aliphatic carbocycles. The largest absolute Gasteiger partial charge is 0.494 e. The molecule has 0 spiro atoms. The monoisotopic (exact) mass is 526 g/mol. The van der Waals surface area contributed by atoms with E-state index in [9.17, 15) is 19.2 Å². The quantitative estimate of drug-likeness (QED) is 0.272. The molecular formula is C23H30N2O10S. The van der Waals surface area contributed by atoms with Crippen molar-refractivity contribution in [3.05, 3.63) is 24.3 Å². The molecule has 0 bridgehead atoms. The summed E-state index contributed by atoms with van der Waals surface area (Å²) < 4.78 is 32.5. The molecule has 5 atom stereocenters. The van der Waals surface area contributed by atoms with Crippen molar-refractivity contribution in [1.29, 1.82) is 0 Å². The van der Waals surface area contributed by atoms with E-state index in [0.29, 0.717) is 18.0 Å².